The van der Waals surface area contributed by atoms with E-state index in [1.807, 2.05) is 0 Å². The van der Waals surface area contributed by atoms with E-state index in [9.17, 15) is 14.4 Å². The van der Waals surface area contributed by atoms with Crippen molar-refractivity contribution in [1.29, 1.82) is 0 Å². The zero-order valence-electron chi connectivity index (χ0n) is 14.3. The average Bonchev–Trinajstić information content (AvgIpc) is 3.30. The van der Waals surface area contributed by atoms with Gasteiger partial charge in [-0.15, -0.1) is 0 Å². The zero-order chi connectivity index (χ0) is 17.7. The number of nitrogens with one attached hydrogen (secondary N) is 1. The summed E-state index contributed by atoms with van der Waals surface area (Å²) in [5.41, 5.74) is 0.534. The highest BCUT2D eigenvalue weighted by molar-refractivity contribution is 5.99. The molecule has 0 aromatic carbocycles. The maximum atomic E-state index is 13.0. The molecule has 3 amide bonds. The van der Waals surface area contributed by atoms with E-state index >= 15 is 0 Å². The van der Waals surface area contributed by atoms with Crippen LogP contribution in [0.25, 0.3) is 0 Å². The predicted molar refractivity (Wildman–Crippen MR) is 87.7 cm³/mol. The lowest BCUT2D eigenvalue weighted by atomic mass is 10.0. The van der Waals surface area contributed by atoms with E-state index in [0.717, 1.165) is 0 Å². The highest BCUT2D eigenvalue weighted by atomic mass is 16.5. The normalized spacial score (nSPS) is 31.3. The molecule has 4 heterocycles. The maximum Gasteiger partial charge on any atom is 0.268 e. The Balaban J connectivity index is 1.54. The number of fused-ring (bicyclic) bond motifs is 2. The van der Waals surface area contributed by atoms with Gasteiger partial charge in [0.2, 0.25) is 11.8 Å². The van der Waals surface area contributed by atoms with Crippen molar-refractivity contribution in [2.75, 3.05) is 20.2 Å². The fourth-order valence-corrected chi connectivity index (χ4v) is 4.24. The Morgan fingerprint density at radius 1 is 1.28 bits per heavy atom. The molecule has 0 aliphatic carbocycles. The zero-order valence-corrected chi connectivity index (χ0v) is 14.3. The molecular formula is C17H22N4O4. The first-order valence-corrected chi connectivity index (χ1v) is 8.57. The Hall–Kier alpha value is -2.35. The maximum absolute atomic E-state index is 13.0. The van der Waals surface area contributed by atoms with Crippen LogP contribution in [0.15, 0.2) is 18.3 Å². The number of hydrogen-bond acceptors (Lipinski definition) is 4. The summed E-state index contributed by atoms with van der Waals surface area (Å²) in [6.07, 6.45) is 2.83. The minimum absolute atomic E-state index is 0.0280. The van der Waals surface area contributed by atoms with Crippen molar-refractivity contribution >= 4 is 17.7 Å². The van der Waals surface area contributed by atoms with Crippen molar-refractivity contribution in [3.8, 4) is 0 Å². The van der Waals surface area contributed by atoms with E-state index in [-0.39, 0.29) is 29.9 Å². The van der Waals surface area contributed by atoms with E-state index in [0.29, 0.717) is 31.6 Å². The van der Waals surface area contributed by atoms with Gasteiger partial charge in [0, 0.05) is 39.9 Å². The van der Waals surface area contributed by atoms with E-state index in [1.54, 1.807) is 46.9 Å². The second-order valence-corrected chi connectivity index (χ2v) is 6.95. The molecule has 134 valence electrons. The molecule has 1 aromatic heterocycles. The number of methoxy groups -OCH3 is 1. The Labute approximate surface area is 145 Å². The van der Waals surface area contributed by atoms with Crippen LogP contribution in [0.2, 0.25) is 0 Å². The molecule has 1 N–H and O–H groups in total. The summed E-state index contributed by atoms with van der Waals surface area (Å²) in [5.74, 6) is -0.337. The van der Waals surface area contributed by atoms with Gasteiger partial charge in [-0.3, -0.25) is 14.4 Å². The first-order valence-electron chi connectivity index (χ1n) is 8.57. The van der Waals surface area contributed by atoms with Gasteiger partial charge in [-0.2, -0.15) is 0 Å². The second-order valence-electron chi connectivity index (χ2n) is 6.95. The SMILES string of the molecule is CO[C@@H]1C[C@H]2C(=O)N3CC[C@@H](NC(=O)c4cccn4C)[C@H]3C(=O)N2C1. The summed E-state index contributed by atoms with van der Waals surface area (Å²) in [7, 11) is 3.40. The molecule has 3 saturated heterocycles. The van der Waals surface area contributed by atoms with Gasteiger partial charge in [0.25, 0.3) is 5.91 Å². The summed E-state index contributed by atoms with van der Waals surface area (Å²) < 4.78 is 7.07. The number of piperazine rings is 1. The molecule has 4 rings (SSSR count). The number of aromatic nitrogens is 1. The van der Waals surface area contributed by atoms with Gasteiger partial charge in [0.05, 0.1) is 12.1 Å². The fourth-order valence-electron chi connectivity index (χ4n) is 4.24. The van der Waals surface area contributed by atoms with Crippen LogP contribution in [-0.2, 0) is 21.4 Å². The Morgan fingerprint density at radius 3 is 2.76 bits per heavy atom. The van der Waals surface area contributed by atoms with Crippen LogP contribution < -0.4 is 5.32 Å². The van der Waals surface area contributed by atoms with Gasteiger partial charge in [0.1, 0.15) is 17.8 Å². The summed E-state index contributed by atoms with van der Waals surface area (Å²) in [4.78, 5) is 41.5. The summed E-state index contributed by atoms with van der Waals surface area (Å²) in [6.45, 7) is 0.934. The molecule has 8 nitrogen and oxygen atoms in total. The standard InChI is InChI=1S/C17H22N4O4/c1-19-6-3-4-12(19)15(22)18-11-5-7-20-14(11)17(24)21-9-10(25-2)8-13(21)16(20)23/h3-4,6,10-11,13-14H,5,7-9H2,1-2H3,(H,18,22)/t10-,11-,13+,14+/m1/s1. The number of carbonyl (C=O) groups excluding carboxylic acids is 3. The molecule has 4 atom stereocenters. The number of ether oxygens (including phenoxy) is 1. The van der Waals surface area contributed by atoms with Gasteiger partial charge >= 0.3 is 0 Å². The molecule has 0 saturated carbocycles. The van der Waals surface area contributed by atoms with Crippen molar-refractivity contribution in [3.63, 3.8) is 0 Å². The fraction of sp³-hybridized carbons (Fsp3) is 0.588. The monoisotopic (exact) mass is 346 g/mol. The van der Waals surface area contributed by atoms with Crippen molar-refractivity contribution < 1.29 is 19.1 Å². The predicted octanol–water partition coefficient (Wildman–Crippen LogP) is -0.646. The largest absolute Gasteiger partial charge is 0.380 e. The van der Waals surface area contributed by atoms with Crippen LogP contribution in [0.3, 0.4) is 0 Å². The number of rotatable bonds is 3. The minimum Gasteiger partial charge on any atom is -0.380 e. The summed E-state index contributed by atoms with van der Waals surface area (Å²) in [6, 6.07) is 2.14. The first-order chi connectivity index (χ1) is 12.0. The summed E-state index contributed by atoms with van der Waals surface area (Å²) in [5, 5.41) is 2.94. The van der Waals surface area contributed by atoms with Crippen LogP contribution in [-0.4, -0.2) is 76.5 Å². The number of amides is 3. The van der Waals surface area contributed by atoms with E-state index in [2.05, 4.69) is 5.32 Å². The molecule has 0 unspecified atom stereocenters. The van der Waals surface area contributed by atoms with Crippen molar-refractivity contribution in [1.82, 2.24) is 19.7 Å². The quantitative estimate of drug-likeness (QED) is 0.789. The lowest BCUT2D eigenvalue weighted by Crippen LogP contribution is -2.64. The number of carbonyl (C=O) groups is 3. The van der Waals surface area contributed by atoms with E-state index < -0.39 is 12.1 Å². The molecule has 3 aliphatic rings. The van der Waals surface area contributed by atoms with Gasteiger partial charge in [0.15, 0.2) is 0 Å². The Kier molecular flexibility index (Phi) is 3.79. The third kappa shape index (κ3) is 2.43. The highest BCUT2D eigenvalue weighted by Crippen LogP contribution is 2.33. The Bertz CT molecular complexity index is 730. The molecule has 1 aromatic rings. The molecule has 0 bridgehead atoms. The molecule has 0 radical (unpaired) electrons. The van der Waals surface area contributed by atoms with Gasteiger partial charge in [-0.25, -0.2) is 0 Å². The van der Waals surface area contributed by atoms with Crippen LogP contribution in [0.1, 0.15) is 23.3 Å². The molecule has 3 fully saturated rings. The van der Waals surface area contributed by atoms with Crippen LogP contribution >= 0.6 is 0 Å². The summed E-state index contributed by atoms with van der Waals surface area (Å²) >= 11 is 0. The highest BCUT2D eigenvalue weighted by Gasteiger charge is 2.55. The lowest BCUT2D eigenvalue weighted by Gasteiger charge is -2.40. The third-order valence-electron chi connectivity index (χ3n) is 5.59. The molecular weight excluding hydrogens is 324 g/mol. The number of aryl methyl sites for hydroxylation is 1. The molecule has 3 aliphatic heterocycles. The number of hydrogen-bond donors (Lipinski definition) is 1. The van der Waals surface area contributed by atoms with Crippen molar-refractivity contribution in [2.45, 2.75) is 37.1 Å². The van der Waals surface area contributed by atoms with Crippen LogP contribution in [0, 0.1) is 0 Å². The van der Waals surface area contributed by atoms with Gasteiger partial charge < -0.3 is 24.4 Å². The van der Waals surface area contributed by atoms with Crippen molar-refractivity contribution in [2.24, 2.45) is 7.05 Å². The molecule has 25 heavy (non-hydrogen) atoms. The second kappa shape index (κ2) is 5.87. The van der Waals surface area contributed by atoms with Crippen molar-refractivity contribution in [3.05, 3.63) is 24.0 Å². The number of nitrogens with zero attached hydrogens (tertiary/aromatic N) is 3. The van der Waals surface area contributed by atoms with E-state index in [4.69, 9.17) is 4.74 Å². The van der Waals surface area contributed by atoms with Crippen LogP contribution in [0.5, 0.6) is 0 Å². The molecule has 0 spiro atoms. The third-order valence-corrected chi connectivity index (χ3v) is 5.59. The first kappa shape index (κ1) is 16.1. The average molecular weight is 346 g/mol. The van der Waals surface area contributed by atoms with Gasteiger partial charge in [-0.1, -0.05) is 0 Å². The smallest absolute Gasteiger partial charge is 0.268 e. The van der Waals surface area contributed by atoms with E-state index in [1.165, 1.54) is 0 Å². The topological polar surface area (TPSA) is 83.9 Å². The molecule has 8 heteroatoms. The van der Waals surface area contributed by atoms with Crippen LogP contribution in [0.4, 0.5) is 0 Å². The Morgan fingerprint density at radius 2 is 2.08 bits per heavy atom. The minimum atomic E-state index is -0.608. The lowest BCUT2D eigenvalue weighted by molar-refractivity contribution is -0.157. The van der Waals surface area contributed by atoms with Gasteiger partial charge in [-0.05, 0) is 18.6 Å².